The van der Waals surface area contributed by atoms with Crippen LogP contribution in [0.2, 0.25) is 0 Å². The van der Waals surface area contributed by atoms with Crippen LogP contribution in [0.4, 0.5) is 0 Å². The summed E-state index contributed by atoms with van der Waals surface area (Å²) in [6.45, 7) is 2.54. The molecule has 25 heavy (non-hydrogen) atoms. The molecule has 1 amide bonds. The molecule has 1 aliphatic carbocycles. The number of piperidine rings is 1. The molecule has 2 aliphatic rings. The minimum Gasteiger partial charge on any atom is -0.478 e. The summed E-state index contributed by atoms with van der Waals surface area (Å²) in [5, 5.41) is 11.7. The predicted octanol–water partition coefficient (Wildman–Crippen LogP) is 1.23. The van der Waals surface area contributed by atoms with E-state index in [1.807, 2.05) is 0 Å². The lowest BCUT2D eigenvalue weighted by Gasteiger charge is -2.31. The normalized spacial score (nSPS) is 19.7. The van der Waals surface area contributed by atoms with Gasteiger partial charge in [-0.25, -0.2) is 17.5 Å². The van der Waals surface area contributed by atoms with E-state index in [0.29, 0.717) is 32.4 Å². The third-order valence-corrected chi connectivity index (χ3v) is 7.08. The first-order chi connectivity index (χ1) is 11.8. The molecule has 1 saturated carbocycles. The van der Waals surface area contributed by atoms with Crippen LogP contribution in [0.15, 0.2) is 10.5 Å². The fourth-order valence-corrected chi connectivity index (χ4v) is 4.95. The number of carbonyl (C=O) groups excluding carboxylic acids is 1. The summed E-state index contributed by atoms with van der Waals surface area (Å²) in [6.07, 6.45) is 2.92. The zero-order valence-electron chi connectivity index (χ0n) is 14.0. The number of furan rings is 1. The summed E-state index contributed by atoms with van der Waals surface area (Å²) in [7, 11) is -3.17. The number of carboxylic acids is 1. The van der Waals surface area contributed by atoms with Crippen LogP contribution in [0.5, 0.6) is 0 Å². The molecular formula is C16H22N2O6S. The summed E-state index contributed by atoms with van der Waals surface area (Å²) in [4.78, 5) is 23.4. The topological polar surface area (TPSA) is 117 Å². The molecule has 2 heterocycles. The minimum atomic E-state index is -3.17. The summed E-state index contributed by atoms with van der Waals surface area (Å²) in [6, 6.07) is 1.09. The van der Waals surface area contributed by atoms with E-state index in [2.05, 4.69) is 5.32 Å². The lowest BCUT2D eigenvalue weighted by atomic mass is 10.1. The van der Waals surface area contributed by atoms with Gasteiger partial charge in [-0.1, -0.05) is 6.92 Å². The molecule has 1 saturated heterocycles. The van der Waals surface area contributed by atoms with Gasteiger partial charge in [0.2, 0.25) is 10.0 Å². The highest BCUT2D eigenvalue weighted by Gasteiger charge is 2.41. The quantitative estimate of drug-likeness (QED) is 0.778. The Bertz CT molecular complexity index is 773. The smallest absolute Gasteiger partial charge is 0.339 e. The molecule has 1 aliphatic heterocycles. The second kappa shape index (κ2) is 6.80. The SMILES string of the molecule is CCc1oc(C(=O)NC2CCN(S(=O)(=O)C3CC3)CC2)cc1C(=O)O. The first-order valence-corrected chi connectivity index (χ1v) is 9.99. The largest absolute Gasteiger partial charge is 0.478 e. The van der Waals surface area contributed by atoms with Crippen molar-refractivity contribution in [1.82, 2.24) is 9.62 Å². The Balaban J connectivity index is 1.58. The second-order valence-electron chi connectivity index (χ2n) is 6.50. The van der Waals surface area contributed by atoms with Crippen molar-refractivity contribution in [2.45, 2.75) is 50.3 Å². The molecule has 8 nitrogen and oxygen atoms in total. The lowest BCUT2D eigenvalue weighted by Crippen LogP contribution is -2.47. The van der Waals surface area contributed by atoms with Gasteiger partial charge in [-0.3, -0.25) is 4.79 Å². The van der Waals surface area contributed by atoms with Gasteiger partial charge in [-0.2, -0.15) is 0 Å². The number of carboxylic acid groups (broad SMARTS) is 1. The van der Waals surface area contributed by atoms with Crippen molar-refractivity contribution in [2.75, 3.05) is 13.1 Å². The Hall–Kier alpha value is -1.87. The van der Waals surface area contributed by atoms with Gasteiger partial charge in [-0.15, -0.1) is 0 Å². The number of amides is 1. The van der Waals surface area contributed by atoms with E-state index in [0.717, 1.165) is 12.8 Å². The monoisotopic (exact) mass is 370 g/mol. The predicted molar refractivity (Wildman–Crippen MR) is 89.0 cm³/mol. The standard InChI is InChI=1S/C16H22N2O6S/c1-2-13-12(16(20)21)9-14(24-13)15(19)17-10-5-7-18(8-6-10)25(22,23)11-3-4-11/h9-11H,2-8H2,1H3,(H,17,19)(H,20,21). The molecule has 1 aromatic heterocycles. The van der Waals surface area contributed by atoms with Crippen LogP contribution in [-0.4, -0.2) is 54.1 Å². The number of sulfonamides is 1. The van der Waals surface area contributed by atoms with Crippen LogP contribution in [0.25, 0.3) is 0 Å². The third-order valence-electron chi connectivity index (χ3n) is 4.68. The van der Waals surface area contributed by atoms with Crippen LogP contribution in [-0.2, 0) is 16.4 Å². The van der Waals surface area contributed by atoms with Crippen molar-refractivity contribution in [3.05, 3.63) is 23.2 Å². The van der Waals surface area contributed by atoms with Gasteiger partial charge in [0.1, 0.15) is 11.3 Å². The first kappa shape index (κ1) is 17.9. The molecule has 0 unspecified atom stereocenters. The molecule has 1 aromatic rings. The number of nitrogens with one attached hydrogen (secondary N) is 1. The van der Waals surface area contributed by atoms with E-state index in [-0.39, 0.29) is 28.4 Å². The number of hydrogen-bond donors (Lipinski definition) is 2. The Morgan fingerprint density at radius 3 is 2.40 bits per heavy atom. The molecular weight excluding hydrogens is 348 g/mol. The highest BCUT2D eigenvalue weighted by molar-refractivity contribution is 7.90. The van der Waals surface area contributed by atoms with E-state index >= 15 is 0 Å². The Morgan fingerprint density at radius 2 is 1.92 bits per heavy atom. The number of nitrogens with zero attached hydrogens (tertiary/aromatic N) is 1. The summed E-state index contributed by atoms with van der Waals surface area (Å²) >= 11 is 0. The maximum Gasteiger partial charge on any atom is 0.339 e. The van der Waals surface area contributed by atoms with E-state index in [1.54, 1.807) is 6.92 Å². The number of aryl methyl sites for hydroxylation is 1. The zero-order chi connectivity index (χ0) is 18.2. The van der Waals surface area contributed by atoms with Gasteiger partial charge in [0.25, 0.3) is 5.91 Å². The van der Waals surface area contributed by atoms with Gasteiger partial charge < -0.3 is 14.8 Å². The second-order valence-corrected chi connectivity index (χ2v) is 8.71. The number of aromatic carboxylic acids is 1. The molecule has 0 bridgehead atoms. The van der Waals surface area contributed by atoms with Crippen molar-refractivity contribution in [3.63, 3.8) is 0 Å². The Morgan fingerprint density at radius 1 is 1.28 bits per heavy atom. The summed E-state index contributed by atoms with van der Waals surface area (Å²) < 4.78 is 31.3. The van der Waals surface area contributed by atoms with Gasteiger partial charge in [0, 0.05) is 31.6 Å². The minimum absolute atomic E-state index is 0.00186. The highest BCUT2D eigenvalue weighted by atomic mass is 32.2. The molecule has 0 aromatic carbocycles. The van der Waals surface area contributed by atoms with Crippen molar-refractivity contribution in [3.8, 4) is 0 Å². The molecule has 3 rings (SSSR count). The van der Waals surface area contributed by atoms with E-state index in [1.165, 1.54) is 10.4 Å². The van der Waals surface area contributed by atoms with Crippen LogP contribution in [0.3, 0.4) is 0 Å². The number of carbonyl (C=O) groups is 2. The number of rotatable bonds is 6. The average Bonchev–Trinajstić information content (AvgIpc) is 3.34. The van der Waals surface area contributed by atoms with Gasteiger partial charge in [0.15, 0.2) is 5.76 Å². The van der Waals surface area contributed by atoms with Crippen molar-refractivity contribution >= 4 is 21.9 Å². The molecule has 0 spiro atoms. The third kappa shape index (κ3) is 3.72. The van der Waals surface area contributed by atoms with Crippen LogP contribution < -0.4 is 5.32 Å². The maximum absolute atomic E-state index is 12.3. The van der Waals surface area contributed by atoms with E-state index in [9.17, 15) is 18.0 Å². The molecule has 2 fully saturated rings. The Kier molecular flexibility index (Phi) is 4.88. The van der Waals surface area contributed by atoms with Crippen molar-refractivity contribution in [2.24, 2.45) is 0 Å². The zero-order valence-corrected chi connectivity index (χ0v) is 14.8. The number of hydrogen-bond acceptors (Lipinski definition) is 5. The fraction of sp³-hybridized carbons (Fsp3) is 0.625. The Labute approximate surface area is 146 Å². The molecule has 9 heteroatoms. The van der Waals surface area contributed by atoms with Crippen molar-refractivity contribution < 1.29 is 27.5 Å². The summed E-state index contributed by atoms with van der Waals surface area (Å²) in [5.41, 5.74) is -0.00186. The lowest BCUT2D eigenvalue weighted by molar-refractivity contribution is 0.0694. The average molecular weight is 370 g/mol. The first-order valence-electron chi connectivity index (χ1n) is 8.48. The molecule has 138 valence electrons. The molecule has 0 atom stereocenters. The van der Waals surface area contributed by atoms with Gasteiger partial charge in [-0.05, 0) is 25.7 Å². The summed E-state index contributed by atoms with van der Waals surface area (Å²) in [5.74, 6) is -1.35. The molecule has 2 N–H and O–H groups in total. The van der Waals surface area contributed by atoms with Gasteiger partial charge >= 0.3 is 5.97 Å². The van der Waals surface area contributed by atoms with Crippen molar-refractivity contribution in [1.29, 1.82) is 0 Å². The molecule has 0 radical (unpaired) electrons. The van der Waals surface area contributed by atoms with Crippen LogP contribution in [0.1, 0.15) is 59.3 Å². The van der Waals surface area contributed by atoms with Crippen LogP contribution >= 0.6 is 0 Å². The highest BCUT2D eigenvalue weighted by Crippen LogP contribution is 2.32. The maximum atomic E-state index is 12.3. The van der Waals surface area contributed by atoms with E-state index in [4.69, 9.17) is 9.52 Å². The van der Waals surface area contributed by atoms with Crippen LogP contribution in [0, 0.1) is 0 Å². The van der Waals surface area contributed by atoms with Gasteiger partial charge in [0.05, 0.1) is 5.25 Å². The van der Waals surface area contributed by atoms with E-state index < -0.39 is 21.9 Å². The fourth-order valence-electron chi connectivity index (χ4n) is 3.07.